The van der Waals surface area contributed by atoms with Gasteiger partial charge in [0.15, 0.2) is 5.76 Å². The number of para-hydroxylation sites is 2. The normalized spacial score (nSPS) is 10.5. The van der Waals surface area contributed by atoms with Gasteiger partial charge in [0.05, 0.1) is 27.5 Å². The predicted octanol–water partition coefficient (Wildman–Crippen LogP) is 3.43. The molecule has 0 aliphatic rings. The Balaban J connectivity index is 1.49. The largest absolute Gasteiger partial charge is 0.459 e. The Labute approximate surface area is 157 Å². The Kier molecular flexibility index (Phi) is 4.50. The van der Waals surface area contributed by atoms with Crippen LogP contribution in [0.4, 0.5) is 10.7 Å². The number of nitrogens with zero attached hydrogens (tertiary/aromatic N) is 3. The topological polar surface area (TPSA) is 102 Å². The molecule has 0 unspecified atom stereocenters. The van der Waals surface area contributed by atoms with Gasteiger partial charge in [-0.3, -0.25) is 9.59 Å². The minimum Gasteiger partial charge on any atom is -0.459 e. The first-order valence-electron chi connectivity index (χ1n) is 7.91. The number of rotatable bonds is 5. The minimum absolute atomic E-state index is 0.205. The average molecular weight is 379 g/mol. The Morgan fingerprint density at radius 1 is 1.00 bits per heavy atom. The van der Waals surface area contributed by atoms with Crippen molar-refractivity contribution in [1.82, 2.24) is 14.8 Å². The van der Waals surface area contributed by atoms with Crippen molar-refractivity contribution in [2.45, 2.75) is 0 Å². The summed E-state index contributed by atoms with van der Waals surface area (Å²) in [6.45, 7) is 0. The van der Waals surface area contributed by atoms with Gasteiger partial charge in [0, 0.05) is 0 Å². The SMILES string of the molecule is O=C(Nc1ccc(C(=O)Nc2ccccc2-n2cncn2)s1)c1ccco1. The summed E-state index contributed by atoms with van der Waals surface area (Å²) >= 11 is 1.17. The molecule has 0 fully saturated rings. The number of amides is 2. The Bertz CT molecular complexity index is 1070. The molecule has 0 saturated heterocycles. The summed E-state index contributed by atoms with van der Waals surface area (Å²) in [5.74, 6) is -0.451. The number of furan rings is 1. The first kappa shape index (κ1) is 16.7. The van der Waals surface area contributed by atoms with Gasteiger partial charge in [0.2, 0.25) is 0 Å². The zero-order valence-electron chi connectivity index (χ0n) is 13.8. The summed E-state index contributed by atoms with van der Waals surface area (Å²) in [6.07, 6.45) is 4.40. The van der Waals surface area contributed by atoms with Crippen molar-refractivity contribution in [2.75, 3.05) is 10.6 Å². The fourth-order valence-corrected chi connectivity index (χ4v) is 3.20. The molecular weight excluding hydrogens is 366 g/mol. The molecule has 3 aromatic heterocycles. The van der Waals surface area contributed by atoms with Crippen LogP contribution in [0, 0.1) is 0 Å². The van der Waals surface area contributed by atoms with E-state index >= 15 is 0 Å². The van der Waals surface area contributed by atoms with Gasteiger partial charge in [0.1, 0.15) is 12.7 Å². The van der Waals surface area contributed by atoms with Gasteiger partial charge in [0.25, 0.3) is 11.8 Å². The lowest BCUT2D eigenvalue weighted by atomic mass is 10.2. The predicted molar refractivity (Wildman–Crippen MR) is 100 cm³/mol. The summed E-state index contributed by atoms with van der Waals surface area (Å²) < 4.78 is 6.62. The second-order valence-corrected chi connectivity index (χ2v) is 6.49. The highest BCUT2D eigenvalue weighted by atomic mass is 32.1. The van der Waals surface area contributed by atoms with Crippen LogP contribution < -0.4 is 10.6 Å². The molecule has 2 N–H and O–H groups in total. The number of carbonyl (C=O) groups excluding carboxylic acids is 2. The number of benzene rings is 1. The molecule has 0 bridgehead atoms. The van der Waals surface area contributed by atoms with Crippen LogP contribution >= 0.6 is 11.3 Å². The zero-order valence-corrected chi connectivity index (χ0v) is 14.6. The molecule has 134 valence electrons. The quantitative estimate of drug-likeness (QED) is 0.553. The highest BCUT2D eigenvalue weighted by Gasteiger charge is 2.15. The van der Waals surface area contributed by atoms with Crippen molar-refractivity contribution in [3.05, 3.63) is 78.1 Å². The maximum Gasteiger partial charge on any atom is 0.291 e. The second kappa shape index (κ2) is 7.26. The Morgan fingerprint density at radius 3 is 2.67 bits per heavy atom. The minimum atomic E-state index is -0.370. The molecule has 0 atom stereocenters. The number of thiophene rings is 1. The lowest BCUT2D eigenvalue weighted by molar-refractivity contribution is 0.0995. The van der Waals surface area contributed by atoms with E-state index in [4.69, 9.17) is 4.42 Å². The third-order valence-corrected chi connectivity index (χ3v) is 4.63. The van der Waals surface area contributed by atoms with Gasteiger partial charge in [-0.05, 0) is 36.4 Å². The van der Waals surface area contributed by atoms with Gasteiger partial charge in [-0.2, -0.15) is 5.10 Å². The van der Waals surface area contributed by atoms with E-state index in [-0.39, 0.29) is 17.6 Å². The van der Waals surface area contributed by atoms with Crippen LogP contribution in [0.25, 0.3) is 5.69 Å². The van der Waals surface area contributed by atoms with Crippen molar-refractivity contribution in [1.29, 1.82) is 0 Å². The molecule has 2 amide bonds. The number of hydrogen-bond acceptors (Lipinski definition) is 6. The molecule has 8 nitrogen and oxygen atoms in total. The standard InChI is InChI=1S/C18H13N5O3S/c24-17(14-6-3-9-26-14)22-16-8-7-15(27-16)18(25)21-12-4-1-2-5-13(12)23-11-19-10-20-23/h1-11H,(H,21,25)(H,22,24). The third-order valence-electron chi connectivity index (χ3n) is 3.63. The van der Waals surface area contributed by atoms with Crippen LogP contribution in [0.2, 0.25) is 0 Å². The van der Waals surface area contributed by atoms with Gasteiger partial charge in [-0.25, -0.2) is 9.67 Å². The van der Waals surface area contributed by atoms with E-state index in [2.05, 4.69) is 20.7 Å². The lowest BCUT2D eigenvalue weighted by Crippen LogP contribution is -2.12. The van der Waals surface area contributed by atoms with Gasteiger partial charge in [-0.15, -0.1) is 11.3 Å². The molecule has 27 heavy (non-hydrogen) atoms. The van der Waals surface area contributed by atoms with Crippen molar-refractivity contribution in [3.8, 4) is 5.69 Å². The molecule has 4 aromatic rings. The molecule has 3 heterocycles. The van der Waals surface area contributed by atoms with E-state index in [0.717, 1.165) is 0 Å². The van der Waals surface area contributed by atoms with Crippen molar-refractivity contribution < 1.29 is 14.0 Å². The lowest BCUT2D eigenvalue weighted by Gasteiger charge is -2.09. The molecule has 4 rings (SSSR count). The third kappa shape index (κ3) is 3.62. The van der Waals surface area contributed by atoms with E-state index in [0.29, 0.717) is 21.3 Å². The first-order valence-corrected chi connectivity index (χ1v) is 8.72. The summed E-state index contributed by atoms with van der Waals surface area (Å²) in [7, 11) is 0. The van der Waals surface area contributed by atoms with Crippen LogP contribution in [0.5, 0.6) is 0 Å². The van der Waals surface area contributed by atoms with Crippen LogP contribution in [0.1, 0.15) is 20.2 Å². The van der Waals surface area contributed by atoms with Gasteiger partial charge >= 0.3 is 0 Å². The van der Waals surface area contributed by atoms with Crippen molar-refractivity contribution in [3.63, 3.8) is 0 Å². The van der Waals surface area contributed by atoms with Crippen LogP contribution in [-0.2, 0) is 0 Å². The number of nitrogens with one attached hydrogen (secondary N) is 2. The van der Waals surface area contributed by atoms with Crippen LogP contribution in [0.3, 0.4) is 0 Å². The van der Waals surface area contributed by atoms with Gasteiger partial charge in [-0.1, -0.05) is 12.1 Å². The first-order chi connectivity index (χ1) is 13.2. The van der Waals surface area contributed by atoms with Crippen LogP contribution in [0.15, 0.2) is 71.9 Å². The molecular formula is C18H13N5O3S. The summed E-state index contributed by atoms with van der Waals surface area (Å²) in [6, 6.07) is 13.8. The fourth-order valence-electron chi connectivity index (χ4n) is 2.40. The van der Waals surface area contributed by atoms with Crippen molar-refractivity contribution in [2.24, 2.45) is 0 Å². The monoisotopic (exact) mass is 379 g/mol. The van der Waals surface area contributed by atoms with E-state index < -0.39 is 0 Å². The maximum atomic E-state index is 12.6. The number of carbonyl (C=O) groups is 2. The smallest absolute Gasteiger partial charge is 0.291 e. The van der Waals surface area contributed by atoms with E-state index in [1.54, 1.807) is 41.3 Å². The van der Waals surface area contributed by atoms with Crippen LogP contribution in [-0.4, -0.2) is 26.6 Å². The fraction of sp³-hybridized carbons (Fsp3) is 0. The molecule has 0 aliphatic heterocycles. The summed E-state index contributed by atoms with van der Waals surface area (Å²) in [4.78, 5) is 29.0. The number of hydrogen-bond donors (Lipinski definition) is 2. The molecule has 9 heteroatoms. The average Bonchev–Trinajstić information content (AvgIpc) is 3.43. The molecule has 0 aliphatic carbocycles. The second-order valence-electron chi connectivity index (χ2n) is 5.41. The summed E-state index contributed by atoms with van der Waals surface area (Å²) in [5, 5.41) is 10.2. The van der Waals surface area contributed by atoms with Gasteiger partial charge < -0.3 is 15.1 Å². The Hall–Kier alpha value is -3.72. The van der Waals surface area contributed by atoms with E-state index in [1.165, 1.54) is 23.9 Å². The van der Waals surface area contributed by atoms with Crippen molar-refractivity contribution >= 4 is 33.8 Å². The zero-order chi connectivity index (χ0) is 18.6. The summed E-state index contributed by atoms with van der Waals surface area (Å²) in [5.41, 5.74) is 1.30. The molecule has 0 saturated carbocycles. The molecule has 1 aromatic carbocycles. The number of anilines is 2. The Morgan fingerprint density at radius 2 is 1.89 bits per heavy atom. The van der Waals surface area contributed by atoms with E-state index in [1.807, 2.05) is 18.2 Å². The maximum absolute atomic E-state index is 12.6. The molecule has 0 spiro atoms. The highest BCUT2D eigenvalue weighted by Crippen LogP contribution is 2.25. The number of aromatic nitrogens is 3. The molecule has 0 radical (unpaired) electrons. The highest BCUT2D eigenvalue weighted by molar-refractivity contribution is 7.18. The van der Waals surface area contributed by atoms with E-state index in [9.17, 15) is 9.59 Å².